The normalized spacial score (nSPS) is 9.95. The quantitative estimate of drug-likeness (QED) is 0.673. The molecule has 0 spiro atoms. The van der Waals surface area contributed by atoms with E-state index in [1.54, 1.807) is 24.3 Å². The molecule has 0 fully saturated rings. The Morgan fingerprint density at radius 3 is 2.27 bits per heavy atom. The molecular weight excluding hydrogens is 304 g/mol. The number of amides is 2. The van der Waals surface area contributed by atoms with Crippen molar-refractivity contribution in [2.45, 2.75) is 0 Å². The summed E-state index contributed by atoms with van der Waals surface area (Å²) in [7, 11) is 3.83. The van der Waals surface area contributed by atoms with E-state index in [0.29, 0.717) is 5.69 Å². The molecule has 6 nitrogen and oxygen atoms in total. The lowest BCUT2D eigenvalue weighted by molar-refractivity contribution is -0.132. The summed E-state index contributed by atoms with van der Waals surface area (Å²) in [6, 6.07) is 10.3. The number of nitrogens with one attached hydrogen (secondary N) is 2. The fourth-order valence-electron chi connectivity index (χ4n) is 1.69. The third-order valence-corrected chi connectivity index (χ3v) is 3.16. The molecule has 0 unspecified atom stereocenters. The van der Waals surface area contributed by atoms with Crippen molar-refractivity contribution in [3.05, 3.63) is 47.7 Å². The molecular formula is C15H15ClN4O2. The van der Waals surface area contributed by atoms with Crippen LogP contribution in [0.2, 0.25) is 5.15 Å². The van der Waals surface area contributed by atoms with Crippen LogP contribution in [-0.4, -0.2) is 30.9 Å². The molecule has 0 aliphatic rings. The average molecular weight is 319 g/mol. The molecule has 0 bridgehead atoms. The van der Waals surface area contributed by atoms with Gasteiger partial charge in [-0.05, 0) is 36.4 Å². The van der Waals surface area contributed by atoms with Crippen LogP contribution < -0.4 is 15.5 Å². The van der Waals surface area contributed by atoms with Gasteiger partial charge < -0.3 is 15.5 Å². The van der Waals surface area contributed by atoms with Crippen LogP contribution in [0, 0.1) is 0 Å². The van der Waals surface area contributed by atoms with Crippen molar-refractivity contribution >= 4 is 40.5 Å². The van der Waals surface area contributed by atoms with Gasteiger partial charge in [-0.25, -0.2) is 4.98 Å². The maximum atomic E-state index is 11.8. The van der Waals surface area contributed by atoms with Gasteiger partial charge >= 0.3 is 11.8 Å². The summed E-state index contributed by atoms with van der Waals surface area (Å²) in [6.45, 7) is 0. The molecule has 1 aromatic carbocycles. The van der Waals surface area contributed by atoms with E-state index in [1.807, 2.05) is 31.1 Å². The first kappa shape index (κ1) is 15.8. The van der Waals surface area contributed by atoms with E-state index in [-0.39, 0.29) is 10.8 Å². The number of carbonyl (C=O) groups excluding carboxylic acids is 2. The van der Waals surface area contributed by atoms with Crippen molar-refractivity contribution in [2.24, 2.45) is 0 Å². The molecule has 0 aliphatic heterocycles. The second-order valence-electron chi connectivity index (χ2n) is 4.69. The first-order chi connectivity index (χ1) is 10.5. The number of pyridine rings is 1. The van der Waals surface area contributed by atoms with Gasteiger partial charge in [0.25, 0.3) is 0 Å². The Kier molecular flexibility index (Phi) is 4.95. The molecule has 2 aromatic rings. The highest BCUT2D eigenvalue weighted by atomic mass is 35.5. The molecule has 0 atom stereocenters. The van der Waals surface area contributed by atoms with Gasteiger partial charge in [0.1, 0.15) is 0 Å². The fraction of sp³-hybridized carbons (Fsp3) is 0.133. The molecule has 114 valence electrons. The fourth-order valence-corrected chi connectivity index (χ4v) is 1.86. The van der Waals surface area contributed by atoms with E-state index >= 15 is 0 Å². The Balaban J connectivity index is 1.99. The van der Waals surface area contributed by atoms with Crippen molar-refractivity contribution in [1.82, 2.24) is 4.98 Å². The summed E-state index contributed by atoms with van der Waals surface area (Å²) in [5.41, 5.74) is 1.81. The molecule has 0 saturated heterocycles. The van der Waals surface area contributed by atoms with Gasteiger partial charge in [-0.1, -0.05) is 11.6 Å². The topological polar surface area (TPSA) is 74.3 Å². The number of halogens is 1. The van der Waals surface area contributed by atoms with Gasteiger partial charge in [0, 0.05) is 31.7 Å². The third-order valence-electron chi connectivity index (χ3n) is 2.86. The van der Waals surface area contributed by atoms with Crippen molar-refractivity contribution in [3.8, 4) is 0 Å². The summed E-state index contributed by atoms with van der Waals surface area (Å²) < 4.78 is 0. The van der Waals surface area contributed by atoms with Crippen molar-refractivity contribution < 1.29 is 9.59 Å². The van der Waals surface area contributed by atoms with Gasteiger partial charge in [-0.2, -0.15) is 0 Å². The Labute approximate surface area is 133 Å². The van der Waals surface area contributed by atoms with Gasteiger partial charge in [-0.15, -0.1) is 0 Å². The number of nitrogens with zero attached hydrogens (tertiary/aromatic N) is 2. The van der Waals surface area contributed by atoms with E-state index in [2.05, 4.69) is 15.6 Å². The molecule has 0 aliphatic carbocycles. The summed E-state index contributed by atoms with van der Waals surface area (Å²) in [6.07, 6.45) is 1.49. The molecule has 0 radical (unpaired) electrons. The minimum Gasteiger partial charge on any atom is -0.378 e. The molecule has 2 amide bonds. The maximum Gasteiger partial charge on any atom is 0.314 e. The van der Waals surface area contributed by atoms with Crippen molar-refractivity contribution in [2.75, 3.05) is 29.6 Å². The largest absolute Gasteiger partial charge is 0.378 e. The second kappa shape index (κ2) is 6.91. The number of rotatable bonds is 3. The third kappa shape index (κ3) is 3.95. The van der Waals surface area contributed by atoms with Crippen LogP contribution in [0.15, 0.2) is 42.6 Å². The first-order valence-electron chi connectivity index (χ1n) is 6.47. The summed E-state index contributed by atoms with van der Waals surface area (Å²) >= 11 is 5.82. The second-order valence-corrected chi connectivity index (χ2v) is 5.05. The molecule has 2 rings (SSSR count). The van der Waals surface area contributed by atoms with Crippen LogP contribution in [0.4, 0.5) is 17.1 Å². The van der Waals surface area contributed by atoms with Gasteiger partial charge in [0.15, 0.2) is 5.15 Å². The maximum absolute atomic E-state index is 11.8. The SMILES string of the molecule is CN(C)c1ccc(NC(=O)C(=O)Nc2cccnc2Cl)cc1. The van der Waals surface area contributed by atoms with E-state index in [9.17, 15) is 9.59 Å². The number of hydrogen-bond acceptors (Lipinski definition) is 4. The lowest BCUT2D eigenvalue weighted by atomic mass is 10.2. The first-order valence-corrected chi connectivity index (χ1v) is 6.85. The van der Waals surface area contributed by atoms with E-state index in [1.165, 1.54) is 6.20 Å². The van der Waals surface area contributed by atoms with Crippen molar-refractivity contribution in [3.63, 3.8) is 0 Å². The van der Waals surface area contributed by atoms with E-state index in [4.69, 9.17) is 11.6 Å². The molecule has 22 heavy (non-hydrogen) atoms. The highest BCUT2D eigenvalue weighted by Crippen LogP contribution is 2.18. The van der Waals surface area contributed by atoms with Crippen LogP contribution in [0.25, 0.3) is 0 Å². The predicted molar refractivity (Wildman–Crippen MR) is 87.3 cm³/mol. The Morgan fingerprint density at radius 2 is 1.68 bits per heavy atom. The number of benzene rings is 1. The van der Waals surface area contributed by atoms with Crippen LogP contribution in [0.5, 0.6) is 0 Å². The van der Waals surface area contributed by atoms with Crippen molar-refractivity contribution in [1.29, 1.82) is 0 Å². The minimum absolute atomic E-state index is 0.124. The zero-order chi connectivity index (χ0) is 16.1. The highest BCUT2D eigenvalue weighted by molar-refractivity contribution is 6.44. The van der Waals surface area contributed by atoms with E-state index in [0.717, 1.165) is 5.69 Å². The zero-order valence-corrected chi connectivity index (χ0v) is 12.9. The smallest absolute Gasteiger partial charge is 0.314 e. The summed E-state index contributed by atoms with van der Waals surface area (Å²) in [4.78, 5) is 29.4. The molecule has 2 N–H and O–H groups in total. The molecule has 1 heterocycles. The number of hydrogen-bond donors (Lipinski definition) is 2. The average Bonchev–Trinajstić information content (AvgIpc) is 2.50. The van der Waals surface area contributed by atoms with Crippen LogP contribution in [0.1, 0.15) is 0 Å². The van der Waals surface area contributed by atoms with Gasteiger partial charge in [0.05, 0.1) is 5.69 Å². The monoisotopic (exact) mass is 318 g/mol. The Morgan fingerprint density at radius 1 is 1.05 bits per heavy atom. The Bertz CT molecular complexity index is 686. The summed E-state index contributed by atoms with van der Waals surface area (Å²) in [5.74, 6) is -1.59. The lowest BCUT2D eigenvalue weighted by Gasteiger charge is -2.13. The standard InChI is InChI=1S/C15H15ClN4O2/c1-20(2)11-7-5-10(6-8-11)18-14(21)15(22)19-12-4-3-9-17-13(12)16/h3-9H,1-2H3,(H,18,21)(H,19,22). The van der Waals surface area contributed by atoms with Crippen LogP contribution in [0.3, 0.4) is 0 Å². The predicted octanol–water partition coefficient (Wildman–Crippen LogP) is 2.38. The number of anilines is 3. The van der Waals surface area contributed by atoms with E-state index < -0.39 is 11.8 Å². The van der Waals surface area contributed by atoms with Crippen LogP contribution >= 0.6 is 11.6 Å². The van der Waals surface area contributed by atoms with Gasteiger partial charge in [0.2, 0.25) is 0 Å². The van der Waals surface area contributed by atoms with Gasteiger partial charge in [-0.3, -0.25) is 9.59 Å². The molecule has 7 heteroatoms. The number of carbonyl (C=O) groups is 2. The number of aromatic nitrogens is 1. The lowest BCUT2D eigenvalue weighted by Crippen LogP contribution is -2.29. The molecule has 1 aromatic heterocycles. The molecule has 0 saturated carbocycles. The van der Waals surface area contributed by atoms with Crippen LogP contribution in [-0.2, 0) is 9.59 Å². The zero-order valence-electron chi connectivity index (χ0n) is 12.1. The Hall–Kier alpha value is -2.60. The highest BCUT2D eigenvalue weighted by Gasteiger charge is 2.15. The summed E-state index contributed by atoms with van der Waals surface area (Å²) in [5, 5.41) is 5.04. The minimum atomic E-state index is -0.813.